The minimum absolute atomic E-state index is 0.0758. The maximum absolute atomic E-state index is 14.7. The molecule has 186 valence electrons. The van der Waals surface area contributed by atoms with Crippen LogP contribution in [0.15, 0.2) is 54.7 Å². The van der Waals surface area contributed by atoms with E-state index in [1.807, 2.05) is 0 Å². The lowest BCUT2D eigenvalue weighted by atomic mass is 9.83. The Balaban J connectivity index is 1.48. The van der Waals surface area contributed by atoms with E-state index in [1.54, 1.807) is 0 Å². The van der Waals surface area contributed by atoms with Gasteiger partial charge in [0, 0.05) is 37.0 Å². The van der Waals surface area contributed by atoms with Gasteiger partial charge in [0.1, 0.15) is 17.4 Å². The summed E-state index contributed by atoms with van der Waals surface area (Å²) >= 11 is 0. The zero-order valence-corrected chi connectivity index (χ0v) is 18.7. The van der Waals surface area contributed by atoms with E-state index in [9.17, 15) is 27.6 Å². The highest BCUT2D eigenvalue weighted by Crippen LogP contribution is 2.34. The average molecular weight is 500 g/mol. The summed E-state index contributed by atoms with van der Waals surface area (Å²) in [5, 5.41) is 7.15. The van der Waals surface area contributed by atoms with Crippen molar-refractivity contribution in [2.75, 3.05) is 29.2 Å². The molecular formula is C24H19F3N4O5. The van der Waals surface area contributed by atoms with Gasteiger partial charge in [0.25, 0.3) is 0 Å². The van der Waals surface area contributed by atoms with Gasteiger partial charge in [-0.1, -0.05) is 0 Å². The molecule has 3 N–H and O–H groups in total. The Bertz CT molecular complexity index is 1330. The fourth-order valence-electron chi connectivity index (χ4n) is 3.25. The molecule has 1 fully saturated rings. The Kier molecular flexibility index (Phi) is 6.88. The summed E-state index contributed by atoms with van der Waals surface area (Å²) in [5.41, 5.74) is -1.96. The van der Waals surface area contributed by atoms with Crippen LogP contribution in [0.3, 0.4) is 0 Å². The predicted octanol–water partition coefficient (Wildman–Crippen LogP) is 3.84. The maximum Gasteiger partial charge on any atom is 0.244 e. The van der Waals surface area contributed by atoms with Gasteiger partial charge in [-0.3, -0.25) is 14.4 Å². The molecule has 2 heterocycles. The number of rotatable bonds is 7. The van der Waals surface area contributed by atoms with E-state index >= 15 is 0 Å². The molecule has 0 atom stereocenters. The van der Waals surface area contributed by atoms with Gasteiger partial charge in [0.05, 0.1) is 18.9 Å². The highest BCUT2D eigenvalue weighted by Gasteiger charge is 2.53. The molecule has 0 aliphatic carbocycles. The Morgan fingerprint density at radius 3 is 2.25 bits per heavy atom. The first-order chi connectivity index (χ1) is 17.2. The molecule has 0 bridgehead atoms. The number of halogens is 3. The fraction of sp³-hybridized carbons (Fsp3) is 0.167. The first-order valence-corrected chi connectivity index (χ1v) is 10.5. The van der Waals surface area contributed by atoms with Crippen molar-refractivity contribution in [3.63, 3.8) is 0 Å². The first kappa shape index (κ1) is 24.7. The summed E-state index contributed by atoms with van der Waals surface area (Å²) < 4.78 is 52.9. The van der Waals surface area contributed by atoms with Crippen LogP contribution in [0.25, 0.3) is 0 Å². The van der Waals surface area contributed by atoms with Crippen LogP contribution in [-0.4, -0.2) is 35.9 Å². The van der Waals surface area contributed by atoms with Gasteiger partial charge in [-0.15, -0.1) is 0 Å². The third kappa shape index (κ3) is 5.28. The minimum atomic E-state index is -1.69. The Labute approximate surface area is 202 Å². The van der Waals surface area contributed by atoms with Gasteiger partial charge in [-0.25, -0.2) is 18.2 Å². The van der Waals surface area contributed by atoms with Crippen LogP contribution in [-0.2, 0) is 19.1 Å². The molecule has 1 aliphatic rings. The van der Waals surface area contributed by atoms with E-state index in [0.29, 0.717) is 6.07 Å². The number of amides is 3. The highest BCUT2D eigenvalue weighted by atomic mass is 19.1. The largest absolute Gasteiger partial charge is 0.454 e. The van der Waals surface area contributed by atoms with Gasteiger partial charge < -0.3 is 25.4 Å². The smallest absolute Gasteiger partial charge is 0.244 e. The number of hydrogen-bond donors (Lipinski definition) is 3. The fourth-order valence-corrected chi connectivity index (χ4v) is 3.25. The normalized spacial score (nSPS) is 13.8. The Morgan fingerprint density at radius 1 is 0.917 bits per heavy atom. The quantitative estimate of drug-likeness (QED) is 0.424. The third-order valence-corrected chi connectivity index (χ3v) is 5.20. The van der Waals surface area contributed by atoms with E-state index in [4.69, 9.17) is 9.47 Å². The number of carbonyl (C=O) groups is 3. The van der Waals surface area contributed by atoms with Crippen molar-refractivity contribution < 1.29 is 37.0 Å². The molecule has 36 heavy (non-hydrogen) atoms. The number of hydrogen-bond acceptors (Lipinski definition) is 6. The van der Waals surface area contributed by atoms with Crippen LogP contribution in [0.2, 0.25) is 0 Å². The number of carbonyl (C=O) groups excluding carboxylic acids is 3. The molecule has 1 aromatic heterocycles. The van der Waals surface area contributed by atoms with Crippen molar-refractivity contribution in [2.45, 2.75) is 6.92 Å². The predicted molar refractivity (Wildman–Crippen MR) is 122 cm³/mol. The number of benzene rings is 2. The van der Waals surface area contributed by atoms with Crippen molar-refractivity contribution in [3.05, 3.63) is 72.2 Å². The molecule has 3 aromatic rings. The summed E-state index contributed by atoms with van der Waals surface area (Å²) in [7, 11) is 0. The second-order valence-electron chi connectivity index (χ2n) is 7.91. The van der Waals surface area contributed by atoms with Gasteiger partial charge in [-0.2, -0.15) is 0 Å². The van der Waals surface area contributed by atoms with E-state index in [2.05, 4.69) is 20.9 Å². The summed E-state index contributed by atoms with van der Waals surface area (Å²) in [6, 6.07) is 9.02. The molecular weight excluding hydrogens is 481 g/mol. The second-order valence-corrected chi connectivity index (χ2v) is 7.91. The van der Waals surface area contributed by atoms with E-state index in [-0.39, 0.29) is 36.4 Å². The van der Waals surface area contributed by atoms with Crippen LogP contribution in [0.5, 0.6) is 11.5 Å². The molecule has 12 heteroatoms. The van der Waals surface area contributed by atoms with Crippen LogP contribution in [0, 0.1) is 22.9 Å². The maximum atomic E-state index is 14.7. The lowest BCUT2D eigenvalue weighted by molar-refractivity contribution is -0.166. The Hall–Kier alpha value is -4.45. The van der Waals surface area contributed by atoms with Crippen molar-refractivity contribution >= 4 is 34.9 Å². The summed E-state index contributed by atoms with van der Waals surface area (Å²) in [5.74, 6) is -4.82. The molecule has 1 saturated heterocycles. The minimum Gasteiger partial charge on any atom is -0.454 e. The number of pyridine rings is 1. The standard InChI is InChI=1S/C24H19F3N4O5/c1-13(32)29-21-8-16(6-7-28-21)36-20-10-17(26)19(9-18(20)27)31-23(34)24(11-35-12-24)22(33)30-15-4-2-14(25)3-5-15/h2-10H,11-12H2,1H3,(H,30,33)(H,31,34)(H,28,29,32). The number of ether oxygens (including phenoxy) is 2. The second kappa shape index (κ2) is 10.0. The van der Waals surface area contributed by atoms with E-state index in [0.717, 1.165) is 18.2 Å². The van der Waals surface area contributed by atoms with Gasteiger partial charge in [0.15, 0.2) is 22.8 Å². The molecule has 3 amide bonds. The lowest BCUT2D eigenvalue weighted by Gasteiger charge is -2.38. The third-order valence-electron chi connectivity index (χ3n) is 5.20. The van der Waals surface area contributed by atoms with Crippen LogP contribution in [0.1, 0.15) is 6.92 Å². The molecule has 1 aliphatic heterocycles. The summed E-state index contributed by atoms with van der Waals surface area (Å²) in [4.78, 5) is 40.7. The average Bonchev–Trinajstić information content (AvgIpc) is 2.78. The molecule has 0 saturated carbocycles. The van der Waals surface area contributed by atoms with Crippen molar-refractivity contribution in [2.24, 2.45) is 5.41 Å². The molecule has 9 nitrogen and oxygen atoms in total. The van der Waals surface area contributed by atoms with Crippen LogP contribution >= 0.6 is 0 Å². The molecule has 4 rings (SSSR count). The number of nitrogens with one attached hydrogen (secondary N) is 3. The molecule has 0 spiro atoms. The van der Waals surface area contributed by atoms with Crippen molar-refractivity contribution in [3.8, 4) is 11.5 Å². The van der Waals surface area contributed by atoms with Gasteiger partial charge in [0.2, 0.25) is 17.7 Å². The summed E-state index contributed by atoms with van der Waals surface area (Å²) in [6.45, 7) is 0.717. The van der Waals surface area contributed by atoms with Crippen molar-refractivity contribution in [1.29, 1.82) is 0 Å². The zero-order valence-electron chi connectivity index (χ0n) is 18.7. The number of aromatic nitrogens is 1. The van der Waals surface area contributed by atoms with Crippen molar-refractivity contribution in [1.82, 2.24) is 4.98 Å². The topological polar surface area (TPSA) is 119 Å². The zero-order chi connectivity index (χ0) is 25.9. The Morgan fingerprint density at radius 2 is 1.61 bits per heavy atom. The van der Waals surface area contributed by atoms with Crippen LogP contribution in [0.4, 0.5) is 30.4 Å². The lowest BCUT2D eigenvalue weighted by Crippen LogP contribution is -2.59. The number of nitrogens with zero attached hydrogens (tertiary/aromatic N) is 1. The van der Waals surface area contributed by atoms with E-state index < -0.39 is 46.1 Å². The SMILES string of the molecule is CC(=O)Nc1cc(Oc2cc(F)c(NC(=O)C3(C(=O)Nc4ccc(F)cc4)COC3)cc2F)ccn1. The summed E-state index contributed by atoms with van der Waals surface area (Å²) in [6.07, 6.45) is 1.31. The van der Waals surface area contributed by atoms with Gasteiger partial charge >= 0.3 is 0 Å². The van der Waals surface area contributed by atoms with Crippen LogP contribution < -0.4 is 20.7 Å². The number of anilines is 3. The molecule has 0 unspecified atom stereocenters. The van der Waals surface area contributed by atoms with Gasteiger partial charge in [-0.05, 0) is 30.3 Å². The first-order valence-electron chi connectivity index (χ1n) is 10.5. The van der Waals surface area contributed by atoms with E-state index in [1.165, 1.54) is 37.4 Å². The molecule has 2 aromatic carbocycles. The highest BCUT2D eigenvalue weighted by molar-refractivity contribution is 6.15. The molecule has 0 radical (unpaired) electrons. The monoisotopic (exact) mass is 500 g/mol.